The maximum Gasteiger partial charge on any atom is 0.262 e. The van der Waals surface area contributed by atoms with Crippen molar-refractivity contribution in [2.75, 3.05) is 26.8 Å². The molecule has 6 nitrogen and oxygen atoms in total. The molecule has 0 radical (unpaired) electrons. The first kappa shape index (κ1) is 20.8. The number of ether oxygens (including phenoxy) is 1. The zero-order chi connectivity index (χ0) is 21.1. The van der Waals surface area contributed by atoms with E-state index in [1.54, 1.807) is 28.4 Å². The molecule has 158 valence electrons. The molecule has 1 fully saturated rings. The van der Waals surface area contributed by atoms with Gasteiger partial charge >= 0.3 is 0 Å². The fourth-order valence-electron chi connectivity index (χ4n) is 3.67. The molecule has 4 rings (SSSR count). The first-order valence-corrected chi connectivity index (χ1v) is 11.2. The molecule has 0 spiro atoms. The Balaban J connectivity index is 1.57. The monoisotopic (exact) mass is 425 g/mol. The number of methoxy groups -OCH3 is 1. The van der Waals surface area contributed by atoms with E-state index in [-0.39, 0.29) is 30.3 Å². The summed E-state index contributed by atoms with van der Waals surface area (Å²) in [6, 6.07) is 12.1. The van der Waals surface area contributed by atoms with Gasteiger partial charge in [0, 0.05) is 26.0 Å². The Morgan fingerprint density at radius 3 is 2.63 bits per heavy atom. The van der Waals surface area contributed by atoms with Crippen LogP contribution in [0.3, 0.4) is 0 Å². The van der Waals surface area contributed by atoms with E-state index in [1.165, 1.54) is 5.56 Å². The molecule has 1 aliphatic heterocycles. The Morgan fingerprint density at radius 2 is 2.00 bits per heavy atom. The van der Waals surface area contributed by atoms with Gasteiger partial charge in [-0.1, -0.05) is 35.9 Å². The molecular formula is C23H27N3O3S. The van der Waals surface area contributed by atoms with Crippen LogP contribution in [-0.2, 0) is 14.3 Å². The van der Waals surface area contributed by atoms with Crippen molar-refractivity contribution in [3.8, 4) is 0 Å². The molecule has 0 bridgehead atoms. The lowest BCUT2D eigenvalue weighted by atomic mass is 10.00. The summed E-state index contributed by atoms with van der Waals surface area (Å²) in [5, 5.41) is 8.31. The lowest BCUT2D eigenvalue weighted by molar-refractivity contribution is -0.142. The number of benzene rings is 1. The molecule has 1 aromatic carbocycles. The number of aryl methyl sites for hydroxylation is 1. The first-order chi connectivity index (χ1) is 14.6. The number of nitrogens with zero attached hydrogens (tertiary/aromatic N) is 3. The van der Waals surface area contributed by atoms with E-state index in [2.05, 4.69) is 24.3 Å². The van der Waals surface area contributed by atoms with Gasteiger partial charge in [0.2, 0.25) is 5.91 Å². The van der Waals surface area contributed by atoms with Crippen LogP contribution in [0.25, 0.3) is 0 Å². The molecule has 0 N–H and O–H groups in total. The van der Waals surface area contributed by atoms with Crippen molar-refractivity contribution in [1.29, 1.82) is 0 Å². The molecule has 1 atom stereocenters. The highest BCUT2D eigenvalue weighted by Gasteiger charge is 2.37. The molecule has 2 aromatic rings. The van der Waals surface area contributed by atoms with E-state index in [9.17, 15) is 9.59 Å². The number of hydrogen-bond donors (Lipinski definition) is 0. The molecule has 7 heteroatoms. The lowest BCUT2D eigenvalue weighted by Gasteiger charge is -2.27. The molecule has 0 unspecified atom stereocenters. The molecule has 0 saturated heterocycles. The summed E-state index contributed by atoms with van der Waals surface area (Å²) in [7, 11) is 1.60. The Hall–Kier alpha value is -2.51. The van der Waals surface area contributed by atoms with Crippen molar-refractivity contribution in [3.63, 3.8) is 0 Å². The average molecular weight is 426 g/mol. The van der Waals surface area contributed by atoms with Crippen molar-refractivity contribution in [1.82, 2.24) is 9.91 Å². The fourth-order valence-corrected chi connectivity index (χ4v) is 4.39. The minimum absolute atomic E-state index is 0.0300. The van der Waals surface area contributed by atoms with Crippen molar-refractivity contribution < 1.29 is 14.3 Å². The highest BCUT2D eigenvalue weighted by molar-refractivity contribution is 7.12. The third kappa shape index (κ3) is 4.63. The second kappa shape index (κ2) is 9.10. The van der Waals surface area contributed by atoms with Crippen molar-refractivity contribution >= 4 is 28.9 Å². The van der Waals surface area contributed by atoms with Crippen molar-refractivity contribution in [2.24, 2.45) is 11.0 Å². The van der Waals surface area contributed by atoms with E-state index >= 15 is 0 Å². The van der Waals surface area contributed by atoms with Crippen LogP contribution in [0.1, 0.15) is 41.3 Å². The number of thiophene rings is 1. The number of hydrogen-bond acceptors (Lipinski definition) is 5. The van der Waals surface area contributed by atoms with Crippen LogP contribution in [-0.4, -0.2) is 54.2 Å². The summed E-state index contributed by atoms with van der Waals surface area (Å²) >= 11 is 1.63. The first-order valence-electron chi connectivity index (χ1n) is 10.3. The van der Waals surface area contributed by atoms with E-state index in [0.717, 1.165) is 29.0 Å². The SMILES string of the molecule is COCCN(CC(=O)N1N=C(c2cccs2)C[C@@H]1c1ccc(C)cc1)C(=O)C1CC1. The second-order valence-corrected chi connectivity index (χ2v) is 8.87. The van der Waals surface area contributed by atoms with Gasteiger partial charge in [0.15, 0.2) is 0 Å². The Kier molecular flexibility index (Phi) is 6.29. The molecular weight excluding hydrogens is 398 g/mol. The number of carbonyl (C=O) groups is 2. The summed E-state index contributed by atoms with van der Waals surface area (Å²) in [5.74, 6) is -0.0440. The topological polar surface area (TPSA) is 62.2 Å². The molecule has 2 heterocycles. The van der Waals surface area contributed by atoms with E-state index in [0.29, 0.717) is 19.6 Å². The summed E-state index contributed by atoms with van der Waals surface area (Å²) in [5.41, 5.74) is 3.15. The number of hydrazone groups is 1. The number of amides is 2. The van der Waals surface area contributed by atoms with Crippen LogP contribution in [0.4, 0.5) is 0 Å². The number of carbonyl (C=O) groups excluding carboxylic acids is 2. The van der Waals surface area contributed by atoms with Gasteiger partial charge in [0.1, 0.15) is 6.54 Å². The van der Waals surface area contributed by atoms with Gasteiger partial charge < -0.3 is 9.64 Å². The Morgan fingerprint density at radius 1 is 1.23 bits per heavy atom. The molecule has 1 aromatic heterocycles. The second-order valence-electron chi connectivity index (χ2n) is 7.92. The van der Waals surface area contributed by atoms with Gasteiger partial charge in [-0.05, 0) is 36.8 Å². The average Bonchev–Trinajstić information content (AvgIpc) is 3.26. The lowest BCUT2D eigenvalue weighted by Crippen LogP contribution is -2.43. The minimum atomic E-state index is -0.157. The molecule has 2 amide bonds. The van der Waals surface area contributed by atoms with Crippen molar-refractivity contribution in [3.05, 3.63) is 57.8 Å². The van der Waals surface area contributed by atoms with Crippen LogP contribution >= 0.6 is 11.3 Å². The molecule has 1 saturated carbocycles. The zero-order valence-corrected chi connectivity index (χ0v) is 18.2. The van der Waals surface area contributed by atoms with E-state index < -0.39 is 0 Å². The van der Waals surface area contributed by atoms with Crippen LogP contribution < -0.4 is 0 Å². The fraction of sp³-hybridized carbons (Fsp3) is 0.435. The minimum Gasteiger partial charge on any atom is -0.383 e. The van der Waals surface area contributed by atoms with Gasteiger partial charge in [-0.25, -0.2) is 5.01 Å². The highest BCUT2D eigenvalue weighted by Crippen LogP contribution is 2.35. The highest BCUT2D eigenvalue weighted by atomic mass is 32.1. The largest absolute Gasteiger partial charge is 0.383 e. The summed E-state index contributed by atoms with van der Waals surface area (Å²) < 4.78 is 5.15. The number of rotatable bonds is 8. The maximum atomic E-state index is 13.3. The summed E-state index contributed by atoms with van der Waals surface area (Å²) in [4.78, 5) is 28.7. The normalized spacial score (nSPS) is 18.4. The predicted octanol–water partition coefficient (Wildman–Crippen LogP) is 3.62. The maximum absolute atomic E-state index is 13.3. The zero-order valence-electron chi connectivity index (χ0n) is 17.4. The van der Waals surface area contributed by atoms with Gasteiger partial charge in [-0.2, -0.15) is 5.10 Å². The van der Waals surface area contributed by atoms with Crippen LogP contribution in [0.2, 0.25) is 0 Å². The molecule has 1 aliphatic carbocycles. The van der Waals surface area contributed by atoms with Crippen molar-refractivity contribution in [2.45, 2.75) is 32.2 Å². The third-order valence-electron chi connectivity index (χ3n) is 5.56. The van der Waals surface area contributed by atoms with Crippen LogP contribution in [0, 0.1) is 12.8 Å². The third-order valence-corrected chi connectivity index (χ3v) is 6.48. The van der Waals surface area contributed by atoms with Crippen LogP contribution in [0.5, 0.6) is 0 Å². The Bertz CT molecular complexity index is 920. The van der Waals surface area contributed by atoms with Gasteiger partial charge in [-0.3, -0.25) is 9.59 Å². The molecule has 2 aliphatic rings. The van der Waals surface area contributed by atoms with E-state index in [1.807, 2.05) is 24.4 Å². The smallest absolute Gasteiger partial charge is 0.262 e. The van der Waals surface area contributed by atoms with Gasteiger partial charge in [-0.15, -0.1) is 11.3 Å². The standard InChI is InChI=1S/C23H27N3O3S/c1-16-5-7-17(8-6-16)20-14-19(21-4-3-13-30-21)24-26(20)22(27)15-25(11-12-29-2)23(28)18-9-10-18/h3-8,13,18,20H,9-12,14-15H2,1-2H3/t20-/m1/s1. The van der Waals surface area contributed by atoms with E-state index in [4.69, 9.17) is 9.84 Å². The summed E-state index contributed by atoms with van der Waals surface area (Å²) in [6.45, 7) is 2.91. The van der Waals surface area contributed by atoms with Crippen LogP contribution in [0.15, 0.2) is 46.9 Å². The van der Waals surface area contributed by atoms with Gasteiger partial charge in [0.05, 0.1) is 23.2 Å². The van der Waals surface area contributed by atoms with Gasteiger partial charge in [0.25, 0.3) is 5.91 Å². The Labute approximate surface area is 181 Å². The predicted molar refractivity (Wildman–Crippen MR) is 117 cm³/mol. The quantitative estimate of drug-likeness (QED) is 0.649. The summed E-state index contributed by atoms with van der Waals surface area (Å²) in [6.07, 6.45) is 2.49. The molecule has 30 heavy (non-hydrogen) atoms.